The molecular formula is C22H35IN4O. The second-order valence-corrected chi connectivity index (χ2v) is 6.91. The summed E-state index contributed by atoms with van der Waals surface area (Å²) < 4.78 is 5.41. The monoisotopic (exact) mass is 498 g/mol. The van der Waals surface area contributed by atoms with E-state index < -0.39 is 0 Å². The molecule has 1 aromatic carbocycles. The number of ether oxygens (including phenoxy) is 1. The van der Waals surface area contributed by atoms with Gasteiger partial charge in [-0.1, -0.05) is 25.0 Å². The number of aliphatic imine (C=N–C) groups is 1. The molecule has 156 valence electrons. The van der Waals surface area contributed by atoms with Gasteiger partial charge >= 0.3 is 0 Å². The van der Waals surface area contributed by atoms with Crippen molar-refractivity contribution in [3.8, 4) is 18.1 Å². The number of halogens is 1. The molecule has 2 rings (SSSR count). The number of hydrogen-bond acceptors (Lipinski definition) is 3. The minimum Gasteiger partial charge on any atom is -0.481 e. The SMILES string of the molecule is C#CCOc1ccc(CCN=C(NCC)NC2CCN(CCC)CC2)cc1.I. The molecule has 0 bridgehead atoms. The van der Waals surface area contributed by atoms with Crippen LogP contribution in [-0.2, 0) is 6.42 Å². The van der Waals surface area contributed by atoms with Gasteiger partial charge in [0.1, 0.15) is 12.4 Å². The second-order valence-electron chi connectivity index (χ2n) is 6.91. The van der Waals surface area contributed by atoms with Gasteiger partial charge in [0.15, 0.2) is 5.96 Å². The molecule has 1 aliphatic rings. The van der Waals surface area contributed by atoms with Crippen LogP contribution in [0.1, 0.15) is 38.7 Å². The summed E-state index contributed by atoms with van der Waals surface area (Å²) in [7, 11) is 0. The smallest absolute Gasteiger partial charge is 0.191 e. The van der Waals surface area contributed by atoms with E-state index in [4.69, 9.17) is 16.2 Å². The molecule has 0 unspecified atom stereocenters. The Balaban J connectivity index is 0.00000392. The molecule has 0 spiro atoms. The third-order valence-corrected chi connectivity index (χ3v) is 4.73. The summed E-state index contributed by atoms with van der Waals surface area (Å²) >= 11 is 0. The number of guanidine groups is 1. The molecule has 28 heavy (non-hydrogen) atoms. The van der Waals surface area contributed by atoms with Crippen molar-refractivity contribution in [2.24, 2.45) is 4.99 Å². The molecule has 1 aliphatic heterocycles. The minimum absolute atomic E-state index is 0. The van der Waals surface area contributed by atoms with Gasteiger partial charge in [0, 0.05) is 32.2 Å². The van der Waals surface area contributed by atoms with Crippen molar-refractivity contribution in [3.63, 3.8) is 0 Å². The number of rotatable bonds is 9. The molecule has 0 atom stereocenters. The van der Waals surface area contributed by atoms with E-state index in [1.54, 1.807) is 0 Å². The lowest BCUT2D eigenvalue weighted by atomic mass is 10.1. The highest BCUT2D eigenvalue weighted by Crippen LogP contribution is 2.13. The van der Waals surface area contributed by atoms with Crippen molar-refractivity contribution in [3.05, 3.63) is 29.8 Å². The van der Waals surface area contributed by atoms with Crippen LogP contribution < -0.4 is 15.4 Å². The van der Waals surface area contributed by atoms with Crippen molar-refractivity contribution in [1.82, 2.24) is 15.5 Å². The fourth-order valence-electron chi connectivity index (χ4n) is 3.30. The number of nitrogens with zero attached hydrogens (tertiary/aromatic N) is 2. The predicted octanol–water partition coefficient (Wildman–Crippen LogP) is 3.29. The van der Waals surface area contributed by atoms with E-state index in [-0.39, 0.29) is 24.0 Å². The maximum atomic E-state index is 5.41. The van der Waals surface area contributed by atoms with Crippen molar-refractivity contribution in [2.75, 3.05) is 39.3 Å². The number of terminal acetylenes is 1. The molecule has 1 saturated heterocycles. The van der Waals surface area contributed by atoms with Crippen LogP contribution in [0.3, 0.4) is 0 Å². The lowest BCUT2D eigenvalue weighted by molar-refractivity contribution is 0.206. The standard InChI is InChI=1S/C22H34N4O.HI/c1-4-15-26-16-12-20(13-17-26)25-22(23-6-3)24-14-11-19-7-9-21(10-8-19)27-18-5-2;/h2,7-10,20H,4,6,11-18H2,1,3H3,(H2,23,24,25);1H. The molecule has 0 aliphatic carbocycles. The quantitative estimate of drug-likeness (QED) is 0.238. The van der Waals surface area contributed by atoms with Crippen LogP contribution in [-0.4, -0.2) is 56.2 Å². The number of likely N-dealkylation sites (tertiary alicyclic amines) is 1. The number of nitrogens with one attached hydrogen (secondary N) is 2. The molecule has 0 radical (unpaired) electrons. The minimum atomic E-state index is 0. The van der Waals surface area contributed by atoms with E-state index in [0.717, 1.165) is 31.2 Å². The number of benzene rings is 1. The summed E-state index contributed by atoms with van der Waals surface area (Å²) in [6, 6.07) is 8.59. The zero-order valence-corrected chi connectivity index (χ0v) is 19.6. The van der Waals surface area contributed by atoms with Crippen LogP contribution in [0.15, 0.2) is 29.3 Å². The summed E-state index contributed by atoms with van der Waals surface area (Å²) in [5, 5.41) is 6.98. The van der Waals surface area contributed by atoms with Gasteiger partial charge < -0.3 is 20.3 Å². The fraction of sp³-hybridized carbons (Fsp3) is 0.591. The first kappa shape index (κ1) is 24.6. The normalized spacial score (nSPS) is 15.4. The fourth-order valence-corrected chi connectivity index (χ4v) is 3.30. The van der Waals surface area contributed by atoms with E-state index in [1.807, 2.05) is 12.1 Å². The predicted molar refractivity (Wildman–Crippen MR) is 129 cm³/mol. The summed E-state index contributed by atoms with van der Waals surface area (Å²) in [6.07, 6.45) is 9.72. The van der Waals surface area contributed by atoms with Gasteiger partial charge in [0.25, 0.3) is 0 Å². The first-order valence-electron chi connectivity index (χ1n) is 10.2. The molecule has 1 heterocycles. The van der Waals surface area contributed by atoms with Gasteiger partial charge in [0.2, 0.25) is 0 Å². The Bertz CT molecular complexity index is 604. The van der Waals surface area contributed by atoms with Gasteiger partial charge in [-0.2, -0.15) is 0 Å². The Labute approximate surface area is 187 Å². The van der Waals surface area contributed by atoms with Crippen LogP contribution in [0.4, 0.5) is 0 Å². The van der Waals surface area contributed by atoms with Crippen LogP contribution in [0.2, 0.25) is 0 Å². The molecular weight excluding hydrogens is 463 g/mol. The zero-order valence-electron chi connectivity index (χ0n) is 17.2. The summed E-state index contributed by atoms with van der Waals surface area (Å²) in [6.45, 7) is 9.87. The van der Waals surface area contributed by atoms with Gasteiger partial charge in [-0.05, 0) is 56.8 Å². The largest absolute Gasteiger partial charge is 0.481 e. The molecule has 6 heteroatoms. The number of hydrogen-bond donors (Lipinski definition) is 2. The zero-order chi connectivity index (χ0) is 19.3. The highest BCUT2D eigenvalue weighted by atomic mass is 127. The first-order valence-corrected chi connectivity index (χ1v) is 10.2. The summed E-state index contributed by atoms with van der Waals surface area (Å²) in [5.74, 6) is 4.22. The van der Waals surface area contributed by atoms with Crippen LogP contribution in [0, 0.1) is 12.3 Å². The Morgan fingerprint density at radius 3 is 2.57 bits per heavy atom. The summed E-state index contributed by atoms with van der Waals surface area (Å²) in [4.78, 5) is 7.31. The van der Waals surface area contributed by atoms with E-state index in [1.165, 1.54) is 44.5 Å². The average Bonchev–Trinajstić information content (AvgIpc) is 2.69. The molecule has 5 nitrogen and oxygen atoms in total. The van der Waals surface area contributed by atoms with Gasteiger partial charge in [0.05, 0.1) is 0 Å². The molecule has 2 N–H and O–H groups in total. The van der Waals surface area contributed by atoms with Crippen LogP contribution in [0.5, 0.6) is 5.75 Å². The van der Waals surface area contributed by atoms with Gasteiger partial charge in [-0.3, -0.25) is 4.99 Å². The Hall–Kier alpha value is -1.46. The second kappa shape index (κ2) is 14.5. The highest BCUT2D eigenvalue weighted by Gasteiger charge is 2.19. The van der Waals surface area contributed by atoms with Crippen LogP contribution in [0.25, 0.3) is 0 Å². The van der Waals surface area contributed by atoms with E-state index >= 15 is 0 Å². The Morgan fingerprint density at radius 1 is 1.25 bits per heavy atom. The van der Waals surface area contributed by atoms with Crippen molar-refractivity contribution in [1.29, 1.82) is 0 Å². The van der Waals surface area contributed by atoms with E-state index in [9.17, 15) is 0 Å². The van der Waals surface area contributed by atoms with Gasteiger partial charge in [-0.25, -0.2) is 0 Å². The average molecular weight is 498 g/mol. The number of piperidine rings is 1. The molecule has 0 amide bonds. The maximum absolute atomic E-state index is 5.41. The maximum Gasteiger partial charge on any atom is 0.191 e. The van der Waals surface area contributed by atoms with Crippen molar-refractivity contribution in [2.45, 2.75) is 45.6 Å². The first-order chi connectivity index (χ1) is 13.2. The molecule has 0 saturated carbocycles. The van der Waals surface area contributed by atoms with E-state index in [2.05, 4.69) is 47.4 Å². The van der Waals surface area contributed by atoms with E-state index in [0.29, 0.717) is 12.6 Å². The Morgan fingerprint density at radius 2 is 1.96 bits per heavy atom. The topological polar surface area (TPSA) is 48.9 Å². The lowest BCUT2D eigenvalue weighted by Gasteiger charge is -2.32. The Kier molecular flexibility index (Phi) is 12.8. The third-order valence-electron chi connectivity index (χ3n) is 4.73. The van der Waals surface area contributed by atoms with Crippen molar-refractivity contribution >= 4 is 29.9 Å². The van der Waals surface area contributed by atoms with Crippen molar-refractivity contribution < 1.29 is 4.74 Å². The summed E-state index contributed by atoms with van der Waals surface area (Å²) in [5.41, 5.74) is 1.25. The molecule has 0 aromatic heterocycles. The third kappa shape index (κ3) is 9.16. The molecule has 1 fully saturated rings. The molecule has 1 aromatic rings. The van der Waals surface area contributed by atoms with Crippen LogP contribution >= 0.6 is 24.0 Å². The lowest BCUT2D eigenvalue weighted by Crippen LogP contribution is -2.48. The highest BCUT2D eigenvalue weighted by molar-refractivity contribution is 14.0. The van der Waals surface area contributed by atoms with Gasteiger partial charge in [-0.15, -0.1) is 30.4 Å².